The molecule has 1 fully saturated rings. The van der Waals surface area contributed by atoms with Gasteiger partial charge >= 0.3 is 6.18 Å². The fraction of sp³-hybridized carbons (Fsp3) is 0.609. The second kappa shape index (κ2) is 9.86. The Morgan fingerprint density at radius 3 is 2.57 bits per heavy atom. The monoisotopic (exact) mass is 424 g/mol. The quantitative estimate of drug-likeness (QED) is 0.607. The summed E-state index contributed by atoms with van der Waals surface area (Å²) in [5.41, 5.74) is -0.115. The van der Waals surface area contributed by atoms with E-state index in [-0.39, 0.29) is 18.1 Å². The summed E-state index contributed by atoms with van der Waals surface area (Å²) in [6.45, 7) is 5.53. The second-order valence-electron chi connectivity index (χ2n) is 8.71. The Labute approximate surface area is 175 Å². The van der Waals surface area contributed by atoms with Crippen molar-refractivity contribution in [3.05, 3.63) is 40.8 Å². The van der Waals surface area contributed by atoms with Gasteiger partial charge in [0.1, 0.15) is 5.75 Å². The summed E-state index contributed by atoms with van der Waals surface area (Å²) in [5, 5.41) is 1.48. The van der Waals surface area contributed by atoms with Gasteiger partial charge in [-0.1, -0.05) is 13.8 Å². The predicted molar refractivity (Wildman–Crippen MR) is 113 cm³/mol. The third-order valence-electron chi connectivity index (χ3n) is 5.71. The summed E-state index contributed by atoms with van der Waals surface area (Å²) in [4.78, 5) is 16.7. The smallest absolute Gasteiger partial charge is 0.389 e. The largest absolute Gasteiger partial charge is 0.490 e. The highest BCUT2D eigenvalue weighted by atomic mass is 19.4. The zero-order chi connectivity index (χ0) is 21.7. The molecule has 3 rings (SSSR count). The maximum Gasteiger partial charge on any atom is 0.389 e. The van der Waals surface area contributed by atoms with Crippen LogP contribution in [0.5, 0.6) is 5.75 Å². The predicted octanol–water partition coefficient (Wildman–Crippen LogP) is 5.52. The Morgan fingerprint density at radius 2 is 1.90 bits per heavy atom. The maximum atomic E-state index is 12.5. The van der Waals surface area contributed by atoms with Crippen molar-refractivity contribution in [2.24, 2.45) is 5.92 Å². The molecule has 4 nitrogen and oxygen atoms in total. The first kappa shape index (κ1) is 22.7. The highest BCUT2D eigenvalue weighted by molar-refractivity contribution is 5.82. The Balaban J connectivity index is 1.55. The number of pyridine rings is 1. The van der Waals surface area contributed by atoms with Gasteiger partial charge in [-0.3, -0.25) is 4.79 Å². The van der Waals surface area contributed by atoms with Crippen molar-refractivity contribution in [1.29, 1.82) is 0 Å². The minimum atomic E-state index is -4.08. The van der Waals surface area contributed by atoms with Crippen LogP contribution in [-0.2, 0) is 0 Å². The topological polar surface area (TPSA) is 45.3 Å². The molecule has 1 N–H and O–H groups in total. The summed E-state index contributed by atoms with van der Waals surface area (Å²) in [5.74, 6) is 1.17. The van der Waals surface area contributed by atoms with Crippen molar-refractivity contribution in [2.75, 3.05) is 13.1 Å². The minimum absolute atomic E-state index is 0.0942. The molecule has 166 valence electrons. The molecule has 0 amide bonds. The average Bonchev–Trinajstić information content (AvgIpc) is 2.67. The summed E-state index contributed by atoms with van der Waals surface area (Å²) < 4.78 is 43.8. The molecule has 1 aromatic carbocycles. The Hall–Kier alpha value is -2.02. The van der Waals surface area contributed by atoms with Crippen LogP contribution in [0.3, 0.4) is 0 Å². The van der Waals surface area contributed by atoms with Gasteiger partial charge in [0.05, 0.1) is 6.10 Å². The highest BCUT2D eigenvalue weighted by Gasteiger charge is 2.30. The number of hydrogen-bond donors (Lipinski definition) is 1. The van der Waals surface area contributed by atoms with Crippen LogP contribution in [0, 0.1) is 5.92 Å². The molecule has 1 aromatic heterocycles. The zero-order valence-electron chi connectivity index (χ0n) is 17.7. The summed E-state index contributed by atoms with van der Waals surface area (Å²) >= 11 is 0. The third kappa shape index (κ3) is 6.49. The fourth-order valence-corrected chi connectivity index (χ4v) is 4.34. The highest BCUT2D eigenvalue weighted by Crippen LogP contribution is 2.29. The van der Waals surface area contributed by atoms with Crippen LogP contribution in [-0.4, -0.2) is 41.3 Å². The molecule has 1 saturated carbocycles. The average molecular weight is 425 g/mol. The summed E-state index contributed by atoms with van der Waals surface area (Å²) in [6.07, 6.45) is 0.692. The maximum absolute atomic E-state index is 12.5. The van der Waals surface area contributed by atoms with Gasteiger partial charge in [0, 0.05) is 30.6 Å². The summed E-state index contributed by atoms with van der Waals surface area (Å²) in [7, 11) is 0. The fourth-order valence-electron chi connectivity index (χ4n) is 4.34. The standard InChI is InChI=1S/C23H31F3N2O2/c1-16(2)15-28(13-3-11-23(24,25)26)18-4-6-19(7-5-18)30-20-8-9-21-17(14-20)10-12-27-22(21)29/h8-10,12,14,16,18-19H,3-7,11,13,15H2,1-2H3,(H,27,29). The molecule has 0 saturated heterocycles. The van der Waals surface area contributed by atoms with Crippen molar-refractivity contribution >= 4 is 10.8 Å². The van der Waals surface area contributed by atoms with Gasteiger partial charge in [-0.15, -0.1) is 0 Å². The molecule has 1 aliphatic rings. The molecule has 30 heavy (non-hydrogen) atoms. The molecule has 2 aromatic rings. The van der Waals surface area contributed by atoms with Gasteiger partial charge in [-0.25, -0.2) is 0 Å². The lowest BCUT2D eigenvalue weighted by molar-refractivity contribution is -0.136. The third-order valence-corrected chi connectivity index (χ3v) is 5.71. The Bertz CT molecular complexity index is 871. The number of nitrogens with one attached hydrogen (secondary N) is 1. The normalized spacial score (nSPS) is 20.2. The first-order chi connectivity index (χ1) is 14.2. The van der Waals surface area contributed by atoms with Gasteiger partial charge < -0.3 is 14.6 Å². The van der Waals surface area contributed by atoms with Crippen LogP contribution < -0.4 is 10.3 Å². The van der Waals surface area contributed by atoms with E-state index in [9.17, 15) is 18.0 Å². The van der Waals surface area contributed by atoms with E-state index in [1.54, 1.807) is 12.3 Å². The number of alkyl halides is 3. The van der Waals surface area contributed by atoms with Crippen LogP contribution in [0.25, 0.3) is 10.8 Å². The number of aromatic nitrogens is 1. The van der Waals surface area contributed by atoms with E-state index in [2.05, 4.69) is 23.7 Å². The van der Waals surface area contributed by atoms with E-state index in [1.807, 2.05) is 18.2 Å². The molecule has 0 atom stereocenters. The molecular weight excluding hydrogens is 393 g/mol. The van der Waals surface area contributed by atoms with Crippen LogP contribution in [0.2, 0.25) is 0 Å². The molecule has 1 heterocycles. The second-order valence-corrected chi connectivity index (χ2v) is 8.71. The molecule has 0 spiro atoms. The molecule has 1 aliphatic carbocycles. The lowest BCUT2D eigenvalue weighted by Crippen LogP contribution is -2.42. The van der Waals surface area contributed by atoms with E-state index < -0.39 is 12.6 Å². The lowest BCUT2D eigenvalue weighted by atomic mass is 9.91. The number of fused-ring (bicyclic) bond motifs is 1. The first-order valence-electron chi connectivity index (χ1n) is 10.8. The molecule has 0 unspecified atom stereocenters. The van der Waals surface area contributed by atoms with Gasteiger partial charge in [0.25, 0.3) is 5.56 Å². The van der Waals surface area contributed by atoms with E-state index in [0.717, 1.165) is 43.4 Å². The molecule has 7 heteroatoms. The summed E-state index contributed by atoms with van der Waals surface area (Å²) in [6, 6.07) is 7.66. The van der Waals surface area contributed by atoms with Crippen LogP contribution >= 0.6 is 0 Å². The van der Waals surface area contributed by atoms with Crippen LogP contribution in [0.4, 0.5) is 13.2 Å². The van der Waals surface area contributed by atoms with Gasteiger partial charge in [0.2, 0.25) is 0 Å². The van der Waals surface area contributed by atoms with E-state index >= 15 is 0 Å². The van der Waals surface area contributed by atoms with E-state index in [0.29, 0.717) is 23.9 Å². The molecular formula is C23H31F3N2O2. The van der Waals surface area contributed by atoms with Crippen molar-refractivity contribution in [3.63, 3.8) is 0 Å². The van der Waals surface area contributed by atoms with Gasteiger partial charge in [-0.05, 0) is 74.2 Å². The number of halogens is 3. The molecule has 0 radical (unpaired) electrons. The molecule has 0 bridgehead atoms. The van der Waals surface area contributed by atoms with Crippen molar-refractivity contribution in [3.8, 4) is 5.75 Å². The van der Waals surface area contributed by atoms with E-state index in [1.165, 1.54) is 0 Å². The first-order valence-corrected chi connectivity index (χ1v) is 10.8. The minimum Gasteiger partial charge on any atom is -0.490 e. The Kier molecular flexibility index (Phi) is 7.45. The number of H-pyrrole nitrogens is 1. The number of rotatable bonds is 8. The van der Waals surface area contributed by atoms with Crippen molar-refractivity contribution in [1.82, 2.24) is 9.88 Å². The zero-order valence-corrected chi connectivity index (χ0v) is 17.7. The van der Waals surface area contributed by atoms with Crippen molar-refractivity contribution in [2.45, 2.75) is 70.7 Å². The lowest BCUT2D eigenvalue weighted by Gasteiger charge is -2.38. The number of nitrogens with zero attached hydrogens (tertiary/aromatic N) is 1. The number of ether oxygens (including phenoxy) is 1. The van der Waals surface area contributed by atoms with Gasteiger partial charge in [0.15, 0.2) is 0 Å². The Morgan fingerprint density at radius 1 is 1.17 bits per heavy atom. The molecule has 0 aliphatic heterocycles. The van der Waals surface area contributed by atoms with E-state index in [4.69, 9.17) is 4.74 Å². The van der Waals surface area contributed by atoms with Crippen LogP contribution in [0.1, 0.15) is 52.4 Å². The number of hydrogen-bond acceptors (Lipinski definition) is 3. The van der Waals surface area contributed by atoms with Crippen LogP contribution in [0.15, 0.2) is 35.3 Å². The number of aromatic amines is 1. The number of benzene rings is 1. The van der Waals surface area contributed by atoms with Gasteiger partial charge in [-0.2, -0.15) is 13.2 Å². The SMILES string of the molecule is CC(C)CN(CCCC(F)(F)F)C1CCC(Oc2ccc3c(=O)[nH]ccc3c2)CC1. The van der Waals surface area contributed by atoms with Crippen molar-refractivity contribution < 1.29 is 17.9 Å².